The molecule has 6 heteroatoms. The summed E-state index contributed by atoms with van der Waals surface area (Å²) in [4.78, 5) is 14.1. The third-order valence-electron chi connectivity index (χ3n) is 4.27. The fourth-order valence-electron chi connectivity index (χ4n) is 2.65. The Bertz CT molecular complexity index is 487. The number of carbonyl (C=O) groups excluding carboxylic acids is 1. The first-order valence-electron chi connectivity index (χ1n) is 7.23. The van der Waals surface area contributed by atoms with Crippen molar-refractivity contribution in [1.82, 2.24) is 4.90 Å². The number of hydrogen-bond donors (Lipinski definition) is 1. The molecule has 0 heterocycles. The van der Waals surface area contributed by atoms with Crippen molar-refractivity contribution in [3.8, 4) is 0 Å². The number of hydrogen-bond acceptors (Lipinski definition) is 3. The lowest BCUT2D eigenvalue weighted by molar-refractivity contribution is -0.132. The Morgan fingerprint density at radius 1 is 1.41 bits per heavy atom. The van der Waals surface area contributed by atoms with Gasteiger partial charge in [-0.3, -0.25) is 4.79 Å². The molecule has 22 heavy (non-hydrogen) atoms. The second-order valence-corrected chi connectivity index (χ2v) is 6.75. The molecule has 2 rings (SSSR count). The molecule has 1 amide bonds. The molecule has 0 spiro atoms. The van der Waals surface area contributed by atoms with Crippen LogP contribution in [0.3, 0.4) is 0 Å². The number of methoxy groups -OCH3 is 1. The lowest BCUT2D eigenvalue weighted by Gasteiger charge is -2.25. The van der Waals surface area contributed by atoms with Gasteiger partial charge in [-0.05, 0) is 30.5 Å². The number of ether oxygens (including phenoxy) is 1. The molecule has 4 nitrogen and oxygen atoms in total. The summed E-state index contributed by atoms with van der Waals surface area (Å²) in [5.74, 6) is 0.0932. The molecule has 124 valence electrons. The van der Waals surface area contributed by atoms with Gasteiger partial charge < -0.3 is 15.4 Å². The molecule has 1 aromatic rings. The predicted molar refractivity (Wildman–Crippen MR) is 94.4 cm³/mol. The molecule has 1 aliphatic rings. The average Bonchev–Trinajstić information content (AvgIpc) is 3.25. The van der Waals surface area contributed by atoms with Crippen molar-refractivity contribution in [2.75, 3.05) is 27.2 Å². The van der Waals surface area contributed by atoms with Crippen LogP contribution in [0, 0.1) is 0 Å². The van der Waals surface area contributed by atoms with Gasteiger partial charge in [-0.1, -0.05) is 28.1 Å². The average molecular weight is 392 g/mol. The van der Waals surface area contributed by atoms with E-state index in [1.54, 1.807) is 7.11 Å². The number of carbonyl (C=O) groups is 1. The van der Waals surface area contributed by atoms with Crippen LogP contribution in [0.4, 0.5) is 0 Å². The first-order chi connectivity index (χ1) is 10.0. The Hall–Kier alpha value is -0.620. The number of amides is 1. The number of nitrogens with two attached hydrogens (primary N) is 1. The van der Waals surface area contributed by atoms with E-state index in [0.29, 0.717) is 13.0 Å². The number of halogens is 2. The highest BCUT2D eigenvalue weighted by Gasteiger charge is 2.45. The van der Waals surface area contributed by atoms with Gasteiger partial charge in [-0.15, -0.1) is 12.4 Å². The van der Waals surface area contributed by atoms with Crippen molar-refractivity contribution in [2.45, 2.75) is 30.8 Å². The molecule has 0 aromatic heterocycles. The molecule has 0 aliphatic heterocycles. The van der Waals surface area contributed by atoms with Crippen molar-refractivity contribution in [3.63, 3.8) is 0 Å². The van der Waals surface area contributed by atoms with Gasteiger partial charge in [0.05, 0.1) is 12.5 Å². The summed E-state index contributed by atoms with van der Waals surface area (Å²) < 4.78 is 6.27. The molecule has 1 saturated carbocycles. The molecule has 2 N–H and O–H groups in total. The molecule has 1 fully saturated rings. The van der Waals surface area contributed by atoms with Crippen molar-refractivity contribution in [3.05, 3.63) is 34.3 Å². The third-order valence-corrected chi connectivity index (χ3v) is 4.80. The maximum atomic E-state index is 12.2. The van der Waals surface area contributed by atoms with Crippen LogP contribution in [0.15, 0.2) is 28.7 Å². The first kappa shape index (κ1) is 19.4. The second kappa shape index (κ2) is 8.29. The highest BCUT2D eigenvalue weighted by Crippen LogP contribution is 2.48. The molecule has 1 unspecified atom stereocenters. The Balaban J connectivity index is 0.00000242. The van der Waals surface area contributed by atoms with E-state index in [0.717, 1.165) is 23.9 Å². The lowest BCUT2D eigenvalue weighted by Crippen LogP contribution is -2.38. The summed E-state index contributed by atoms with van der Waals surface area (Å²) >= 11 is 3.46. The largest absolute Gasteiger partial charge is 0.380 e. The zero-order chi connectivity index (χ0) is 15.5. The van der Waals surface area contributed by atoms with Crippen LogP contribution >= 0.6 is 28.3 Å². The minimum Gasteiger partial charge on any atom is -0.380 e. The van der Waals surface area contributed by atoms with Gasteiger partial charge in [0.1, 0.15) is 0 Å². The van der Waals surface area contributed by atoms with E-state index in [2.05, 4.69) is 40.2 Å². The zero-order valence-electron chi connectivity index (χ0n) is 13.0. The fourth-order valence-corrected chi connectivity index (χ4v) is 2.91. The van der Waals surface area contributed by atoms with E-state index < -0.39 is 0 Å². The molecule has 0 radical (unpaired) electrons. The predicted octanol–water partition coefficient (Wildman–Crippen LogP) is 2.72. The van der Waals surface area contributed by atoms with Gasteiger partial charge in [0.25, 0.3) is 0 Å². The van der Waals surface area contributed by atoms with Crippen LogP contribution < -0.4 is 5.73 Å². The quantitative estimate of drug-likeness (QED) is 0.777. The highest BCUT2D eigenvalue weighted by molar-refractivity contribution is 9.10. The molecule has 1 aliphatic carbocycles. The van der Waals surface area contributed by atoms with E-state index in [9.17, 15) is 4.79 Å². The van der Waals surface area contributed by atoms with Gasteiger partial charge in [0.15, 0.2) is 0 Å². The maximum absolute atomic E-state index is 12.2. The molecule has 0 bridgehead atoms. The summed E-state index contributed by atoms with van der Waals surface area (Å²) in [7, 11) is 3.46. The van der Waals surface area contributed by atoms with Gasteiger partial charge >= 0.3 is 0 Å². The van der Waals surface area contributed by atoms with Crippen LogP contribution in [0.5, 0.6) is 0 Å². The van der Waals surface area contributed by atoms with Crippen LogP contribution in [0.25, 0.3) is 0 Å². The molecule has 0 saturated heterocycles. The Morgan fingerprint density at radius 3 is 2.45 bits per heavy atom. The summed E-state index contributed by atoms with van der Waals surface area (Å²) in [6, 6.07) is 8.42. The topological polar surface area (TPSA) is 55.6 Å². The van der Waals surface area contributed by atoms with Crippen LogP contribution in [-0.4, -0.2) is 44.2 Å². The summed E-state index contributed by atoms with van der Waals surface area (Å²) in [5.41, 5.74) is 7.02. The van der Waals surface area contributed by atoms with Crippen molar-refractivity contribution in [2.24, 2.45) is 5.73 Å². The SMILES string of the molecule is COC(CN)CC(=O)N(C)CC1(c2ccc(Br)cc2)CC1.Cl. The van der Waals surface area contributed by atoms with E-state index in [1.807, 2.05) is 11.9 Å². The Kier molecular flexibility index (Phi) is 7.32. The fraction of sp³-hybridized carbons (Fsp3) is 0.562. The van der Waals surface area contributed by atoms with Crippen LogP contribution in [0.2, 0.25) is 0 Å². The number of rotatable bonds is 7. The van der Waals surface area contributed by atoms with Crippen LogP contribution in [0.1, 0.15) is 24.8 Å². The summed E-state index contributed by atoms with van der Waals surface area (Å²) in [5, 5.41) is 0. The molecular formula is C16H24BrClN2O2. The lowest BCUT2D eigenvalue weighted by atomic mass is 9.95. The third kappa shape index (κ3) is 4.69. The van der Waals surface area contributed by atoms with Gasteiger partial charge in [0.2, 0.25) is 5.91 Å². The van der Waals surface area contributed by atoms with E-state index in [4.69, 9.17) is 10.5 Å². The Labute approximate surface area is 146 Å². The van der Waals surface area contributed by atoms with Gasteiger partial charge in [-0.2, -0.15) is 0 Å². The summed E-state index contributed by atoms with van der Waals surface area (Å²) in [6.07, 6.45) is 2.43. The smallest absolute Gasteiger partial charge is 0.225 e. The number of nitrogens with zero attached hydrogens (tertiary/aromatic N) is 1. The highest BCUT2D eigenvalue weighted by atomic mass is 79.9. The van der Waals surface area contributed by atoms with E-state index in [-0.39, 0.29) is 29.8 Å². The molecule has 1 aromatic carbocycles. The normalized spacial score (nSPS) is 16.5. The van der Waals surface area contributed by atoms with Crippen molar-refractivity contribution < 1.29 is 9.53 Å². The van der Waals surface area contributed by atoms with Gasteiger partial charge in [-0.25, -0.2) is 0 Å². The molecule has 1 atom stereocenters. The number of benzene rings is 1. The molecular weight excluding hydrogens is 368 g/mol. The Morgan fingerprint density at radius 2 is 2.00 bits per heavy atom. The maximum Gasteiger partial charge on any atom is 0.225 e. The van der Waals surface area contributed by atoms with E-state index >= 15 is 0 Å². The first-order valence-corrected chi connectivity index (χ1v) is 8.03. The van der Waals surface area contributed by atoms with Gasteiger partial charge in [0, 0.05) is 37.1 Å². The van der Waals surface area contributed by atoms with E-state index in [1.165, 1.54) is 5.56 Å². The minimum absolute atomic E-state index is 0. The monoisotopic (exact) mass is 390 g/mol. The van der Waals surface area contributed by atoms with Crippen molar-refractivity contribution >= 4 is 34.2 Å². The number of likely N-dealkylation sites (N-methyl/N-ethyl adjacent to an activating group) is 1. The second-order valence-electron chi connectivity index (χ2n) is 5.83. The summed E-state index contributed by atoms with van der Waals surface area (Å²) in [6.45, 7) is 1.13. The zero-order valence-corrected chi connectivity index (χ0v) is 15.5. The van der Waals surface area contributed by atoms with Crippen molar-refractivity contribution in [1.29, 1.82) is 0 Å². The minimum atomic E-state index is -0.192. The van der Waals surface area contributed by atoms with Crippen LogP contribution in [-0.2, 0) is 14.9 Å². The standard InChI is InChI=1S/C16H23BrN2O2.ClH/c1-19(15(20)9-14(10-18)21-2)11-16(7-8-16)12-3-5-13(17)6-4-12;/h3-6,14H,7-11,18H2,1-2H3;1H.